The smallest absolute Gasteiger partial charge is 0.356 e. The summed E-state index contributed by atoms with van der Waals surface area (Å²) in [4.78, 5) is 28.6. The third-order valence-electron chi connectivity index (χ3n) is 4.35. The number of carbonyl (C=O) groups excluding carboxylic acids is 2. The molecule has 1 amide bonds. The first-order valence-electron chi connectivity index (χ1n) is 9.12. The number of methoxy groups -OCH3 is 2. The van der Waals surface area contributed by atoms with Crippen LogP contribution < -0.4 is 14.8 Å². The van der Waals surface area contributed by atoms with Gasteiger partial charge in [0.25, 0.3) is 5.91 Å². The second kappa shape index (κ2) is 9.05. The van der Waals surface area contributed by atoms with Crippen LogP contribution in [0, 0.1) is 0 Å². The van der Waals surface area contributed by atoms with Crippen molar-refractivity contribution in [2.24, 2.45) is 0 Å². The average molecular weight is 394 g/mol. The van der Waals surface area contributed by atoms with Gasteiger partial charge >= 0.3 is 5.97 Å². The molecule has 0 atom stereocenters. The van der Waals surface area contributed by atoms with Crippen molar-refractivity contribution in [2.75, 3.05) is 26.1 Å². The lowest BCUT2D eigenvalue weighted by Gasteiger charge is -2.12. The predicted octanol–water partition coefficient (Wildman–Crippen LogP) is 3.61. The number of amides is 1. The Morgan fingerprint density at radius 3 is 2.62 bits per heavy atom. The Balaban J connectivity index is 1.83. The van der Waals surface area contributed by atoms with Gasteiger partial charge in [0, 0.05) is 17.1 Å². The third kappa shape index (κ3) is 4.82. The van der Waals surface area contributed by atoms with Crippen molar-refractivity contribution in [1.29, 1.82) is 0 Å². The first-order valence-corrected chi connectivity index (χ1v) is 9.12. The van der Waals surface area contributed by atoms with Crippen molar-refractivity contribution >= 4 is 28.5 Å². The fourth-order valence-corrected chi connectivity index (χ4v) is 2.84. The fourth-order valence-electron chi connectivity index (χ4n) is 2.84. The van der Waals surface area contributed by atoms with Crippen molar-refractivity contribution in [3.63, 3.8) is 0 Å². The number of fused-ring (bicyclic) bond motifs is 1. The molecule has 0 saturated heterocycles. The molecule has 0 unspecified atom stereocenters. The molecule has 0 fully saturated rings. The van der Waals surface area contributed by atoms with Gasteiger partial charge in [0.1, 0.15) is 11.5 Å². The largest absolute Gasteiger partial charge is 0.497 e. The highest BCUT2D eigenvalue weighted by Gasteiger charge is 2.15. The third-order valence-corrected chi connectivity index (χ3v) is 4.35. The average Bonchev–Trinajstić information content (AvgIpc) is 2.76. The van der Waals surface area contributed by atoms with E-state index in [0.29, 0.717) is 28.1 Å². The summed E-state index contributed by atoms with van der Waals surface area (Å²) in [6, 6.07) is 14.3. The maximum atomic E-state index is 12.4. The minimum absolute atomic E-state index is 0.0937. The molecule has 0 saturated carbocycles. The summed E-state index contributed by atoms with van der Waals surface area (Å²) in [6.07, 6.45) is 0.876. The van der Waals surface area contributed by atoms with E-state index in [2.05, 4.69) is 10.3 Å². The molecule has 1 N–H and O–H groups in total. The number of carbonyl (C=O) groups is 2. The number of pyridine rings is 1. The summed E-state index contributed by atoms with van der Waals surface area (Å²) in [5.41, 5.74) is 2.45. The van der Waals surface area contributed by atoms with Crippen LogP contribution in [0.2, 0.25) is 0 Å². The zero-order valence-electron chi connectivity index (χ0n) is 16.5. The Labute approximate surface area is 168 Å². The van der Waals surface area contributed by atoms with Gasteiger partial charge in [-0.25, -0.2) is 9.78 Å². The summed E-state index contributed by atoms with van der Waals surface area (Å²) in [6.45, 7) is 1.82. The summed E-state index contributed by atoms with van der Waals surface area (Å²) >= 11 is 0. The lowest BCUT2D eigenvalue weighted by atomic mass is 10.1. The molecular formula is C22H22N2O5. The molecule has 0 aliphatic carbocycles. The number of aryl methyl sites for hydroxylation is 1. The van der Waals surface area contributed by atoms with Gasteiger partial charge < -0.3 is 19.5 Å². The van der Waals surface area contributed by atoms with Gasteiger partial charge in [0.2, 0.25) is 0 Å². The lowest BCUT2D eigenvalue weighted by molar-refractivity contribution is -0.118. The second-order valence-corrected chi connectivity index (χ2v) is 6.27. The van der Waals surface area contributed by atoms with Crippen LogP contribution in [0.4, 0.5) is 5.69 Å². The number of hydrogen-bond acceptors (Lipinski definition) is 6. The van der Waals surface area contributed by atoms with E-state index in [9.17, 15) is 9.59 Å². The first-order chi connectivity index (χ1) is 14.0. The molecular weight excluding hydrogens is 372 g/mol. The Kier molecular flexibility index (Phi) is 6.29. The summed E-state index contributed by atoms with van der Waals surface area (Å²) < 4.78 is 15.7. The molecule has 0 radical (unpaired) electrons. The minimum atomic E-state index is -0.589. The summed E-state index contributed by atoms with van der Waals surface area (Å²) in [5, 5.41) is 3.43. The van der Waals surface area contributed by atoms with Crippen molar-refractivity contribution in [2.45, 2.75) is 13.3 Å². The lowest BCUT2D eigenvalue weighted by Crippen LogP contribution is -2.20. The molecule has 0 spiro atoms. The van der Waals surface area contributed by atoms with Crippen LogP contribution in [-0.4, -0.2) is 37.7 Å². The van der Waals surface area contributed by atoms with Gasteiger partial charge in [-0.3, -0.25) is 4.79 Å². The number of aromatic nitrogens is 1. The van der Waals surface area contributed by atoms with Gasteiger partial charge in [-0.2, -0.15) is 0 Å². The molecule has 7 nitrogen and oxygen atoms in total. The highest BCUT2D eigenvalue weighted by Crippen LogP contribution is 2.29. The normalized spacial score (nSPS) is 10.4. The van der Waals surface area contributed by atoms with E-state index in [-0.39, 0.29) is 18.2 Å². The highest BCUT2D eigenvalue weighted by molar-refractivity contribution is 5.95. The Bertz CT molecular complexity index is 1050. The molecule has 29 heavy (non-hydrogen) atoms. The standard InChI is InChI=1S/C22H22N2O5/c1-4-14-6-5-7-15(10-14)23-21(25)13-29-20-12-19(22(26)28-3)24-18-9-8-16(27-2)11-17(18)20/h5-12H,4,13H2,1-3H3,(H,23,25). The van der Waals surface area contributed by atoms with E-state index >= 15 is 0 Å². The van der Waals surface area contributed by atoms with E-state index in [0.717, 1.165) is 12.0 Å². The second-order valence-electron chi connectivity index (χ2n) is 6.27. The Morgan fingerprint density at radius 2 is 1.90 bits per heavy atom. The zero-order valence-corrected chi connectivity index (χ0v) is 16.5. The number of nitrogens with zero attached hydrogens (tertiary/aromatic N) is 1. The predicted molar refractivity (Wildman–Crippen MR) is 110 cm³/mol. The van der Waals surface area contributed by atoms with Crippen LogP contribution in [-0.2, 0) is 16.0 Å². The maximum absolute atomic E-state index is 12.4. The summed E-state index contributed by atoms with van der Waals surface area (Å²) in [7, 11) is 2.83. The van der Waals surface area contributed by atoms with Gasteiger partial charge in [-0.15, -0.1) is 0 Å². The van der Waals surface area contributed by atoms with Crippen molar-refractivity contribution in [1.82, 2.24) is 4.98 Å². The number of ether oxygens (including phenoxy) is 3. The monoisotopic (exact) mass is 394 g/mol. The SMILES string of the molecule is CCc1cccc(NC(=O)COc2cc(C(=O)OC)nc3ccc(OC)cc23)c1. The van der Waals surface area contributed by atoms with E-state index < -0.39 is 5.97 Å². The highest BCUT2D eigenvalue weighted by atomic mass is 16.5. The maximum Gasteiger partial charge on any atom is 0.356 e. The quantitative estimate of drug-likeness (QED) is 0.616. The van der Waals surface area contributed by atoms with Crippen LogP contribution in [0.5, 0.6) is 11.5 Å². The summed E-state index contributed by atoms with van der Waals surface area (Å²) in [5.74, 6) is 0.0432. The molecule has 0 bridgehead atoms. The molecule has 3 aromatic rings. The molecule has 1 aromatic heterocycles. The Hall–Kier alpha value is -3.61. The van der Waals surface area contributed by atoms with E-state index in [1.807, 2.05) is 31.2 Å². The zero-order chi connectivity index (χ0) is 20.8. The Morgan fingerprint density at radius 1 is 1.07 bits per heavy atom. The minimum Gasteiger partial charge on any atom is -0.497 e. The van der Waals surface area contributed by atoms with Crippen LogP contribution in [0.25, 0.3) is 10.9 Å². The molecule has 1 heterocycles. The van der Waals surface area contributed by atoms with Crippen LogP contribution >= 0.6 is 0 Å². The van der Waals surface area contributed by atoms with E-state index in [1.54, 1.807) is 25.3 Å². The van der Waals surface area contributed by atoms with Gasteiger partial charge in [0.15, 0.2) is 12.3 Å². The number of rotatable bonds is 7. The van der Waals surface area contributed by atoms with Gasteiger partial charge in [0.05, 0.1) is 19.7 Å². The number of hydrogen-bond donors (Lipinski definition) is 1. The molecule has 150 valence electrons. The van der Waals surface area contributed by atoms with Crippen molar-refractivity contribution < 1.29 is 23.8 Å². The van der Waals surface area contributed by atoms with Crippen LogP contribution in [0.1, 0.15) is 23.0 Å². The molecule has 7 heteroatoms. The van der Waals surface area contributed by atoms with Crippen LogP contribution in [0.15, 0.2) is 48.5 Å². The fraction of sp³-hybridized carbons (Fsp3) is 0.227. The topological polar surface area (TPSA) is 86.8 Å². The van der Waals surface area contributed by atoms with Crippen molar-refractivity contribution in [3.05, 3.63) is 59.8 Å². The molecule has 3 rings (SSSR count). The van der Waals surface area contributed by atoms with Crippen molar-refractivity contribution in [3.8, 4) is 11.5 Å². The van der Waals surface area contributed by atoms with Crippen LogP contribution in [0.3, 0.4) is 0 Å². The molecule has 0 aliphatic heterocycles. The van der Waals surface area contributed by atoms with E-state index in [4.69, 9.17) is 14.2 Å². The number of nitrogens with one attached hydrogen (secondary N) is 1. The van der Waals surface area contributed by atoms with Gasteiger partial charge in [-0.05, 0) is 42.3 Å². The molecule has 0 aliphatic rings. The van der Waals surface area contributed by atoms with E-state index in [1.165, 1.54) is 13.2 Å². The molecule has 2 aromatic carbocycles. The first kappa shape index (κ1) is 20.1. The number of anilines is 1. The van der Waals surface area contributed by atoms with Gasteiger partial charge in [-0.1, -0.05) is 19.1 Å². The number of benzene rings is 2. The number of esters is 1.